The van der Waals surface area contributed by atoms with Crippen LogP contribution in [0.15, 0.2) is 24.3 Å². The number of benzene rings is 1. The maximum Gasteiger partial charge on any atom is 0.142 e. The van der Waals surface area contributed by atoms with E-state index in [0.717, 1.165) is 17.9 Å². The lowest BCUT2D eigenvalue weighted by Gasteiger charge is -2.17. The second-order valence-electron chi connectivity index (χ2n) is 3.25. The van der Waals surface area contributed by atoms with Crippen LogP contribution in [0.1, 0.15) is 6.42 Å². The Balaban J connectivity index is 2.64. The van der Waals surface area contributed by atoms with Crippen molar-refractivity contribution in [3.05, 3.63) is 24.3 Å². The summed E-state index contributed by atoms with van der Waals surface area (Å²) in [4.78, 5) is 2.04. The largest absolute Gasteiger partial charge is 0.491 e. The van der Waals surface area contributed by atoms with E-state index in [1.807, 2.05) is 43.3 Å². The topological polar surface area (TPSA) is 12.5 Å². The normalized spacial score (nSPS) is 9.93. The Hall–Kier alpha value is -0.890. The number of hydrogen-bond donors (Lipinski definition) is 0. The van der Waals surface area contributed by atoms with Gasteiger partial charge in [-0.15, -0.1) is 11.6 Å². The summed E-state index contributed by atoms with van der Waals surface area (Å²) in [6, 6.07) is 7.99. The van der Waals surface area contributed by atoms with Gasteiger partial charge >= 0.3 is 0 Å². The van der Waals surface area contributed by atoms with Crippen LogP contribution in [0.5, 0.6) is 5.75 Å². The van der Waals surface area contributed by atoms with Crippen molar-refractivity contribution < 1.29 is 4.74 Å². The highest BCUT2D eigenvalue weighted by Crippen LogP contribution is 2.25. The Kier molecular flexibility index (Phi) is 4.60. The number of hydrogen-bond acceptors (Lipinski definition) is 2. The van der Waals surface area contributed by atoms with Crippen molar-refractivity contribution in [1.82, 2.24) is 0 Å². The molecular weight excluding hydrogens is 198 g/mol. The van der Waals surface area contributed by atoms with Crippen LogP contribution in [-0.4, -0.2) is 26.6 Å². The summed E-state index contributed by atoms with van der Waals surface area (Å²) >= 11 is 5.58. The van der Waals surface area contributed by atoms with Gasteiger partial charge in [0.25, 0.3) is 0 Å². The van der Waals surface area contributed by atoms with Crippen molar-refractivity contribution in [1.29, 1.82) is 0 Å². The van der Waals surface area contributed by atoms with Crippen molar-refractivity contribution >= 4 is 17.3 Å². The van der Waals surface area contributed by atoms with Gasteiger partial charge in [0.15, 0.2) is 0 Å². The number of halogens is 1. The monoisotopic (exact) mass is 213 g/mol. The molecule has 1 rings (SSSR count). The lowest BCUT2D eigenvalue weighted by atomic mass is 10.3. The van der Waals surface area contributed by atoms with Crippen LogP contribution in [0.4, 0.5) is 5.69 Å². The fraction of sp³-hybridized carbons (Fsp3) is 0.455. The SMILES string of the molecule is CN(C)c1ccccc1OCCCCl. The Morgan fingerprint density at radius 1 is 1.29 bits per heavy atom. The van der Waals surface area contributed by atoms with Crippen LogP contribution in [0.25, 0.3) is 0 Å². The van der Waals surface area contributed by atoms with Crippen LogP contribution in [-0.2, 0) is 0 Å². The van der Waals surface area contributed by atoms with Gasteiger partial charge in [0.05, 0.1) is 12.3 Å². The third-order valence-corrected chi connectivity index (χ3v) is 2.15. The third kappa shape index (κ3) is 3.11. The van der Waals surface area contributed by atoms with Crippen LogP contribution >= 0.6 is 11.6 Å². The number of rotatable bonds is 5. The quantitative estimate of drug-likeness (QED) is 0.551. The Morgan fingerprint density at radius 2 is 2.00 bits per heavy atom. The highest BCUT2D eigenvalue weighted by molar-refractivity contribution is 6.17. The average molecular weight is 214 g/mol. The smallest absolute Gasteiger partial charge is 0.142 e. The average Bonchev–Trinajstić information content (AvgIpc) is 2.19. The molecule has 0 heterocycles. The number of anilines is 1. The zero-order valence-electron chi connectivity index (χ0n) is 8.66. The molecule has 0 N–H and O–H groups in total. The molecule has 0 aromatic heterocycles. The molecule has 0 spiro atoms. The Bertz CT molecular complexity index is 276. The van der Waals surface area contributed by atoms with Crippen LogP contribution in [0.3, 0.4) is 0 Å². The van der Waals surface area contributed by atoms with Gasteiger partial charge in [-0.2, -0.15) is 0 Å². The van der Waals surface area contributed by atoms with E-state index in [1.165, 1.54) is 0 Å². The zero-order chi connectivity index (χ0) is 10.4. The van der Waals surface area contributed by atoms with Crippen LogP contribution in [0.2, 0.25) is 0 Å². The van der Waals surface area contributed by atoms with E-state index in [9.17, 15) is 0 Å². The first-order valence-electron chi connectivity index (χ1n) is 4.71. The van der Waals surface area contributed by atoms with Gasteiger partial charge in [-0.05, 0) is 18.6 Å². The molecule has 78 valence electrons. The minimum Gasteiger partial charge on any atom is -0.491 e. The molecule has 1 aromatic rings. The second kappa shape index (κ2) is 5.76. The maximum atomic E-state index is 5.61. The molecule has 0 saturated heterocycles. The van der Waals surface area contributed by atoms with Gasteiger partial charge in [-0.1, -0.05) is 12.1 Å². The van der Waals surface area contributed by atoms with Crippen molar-refractivity contribution in [2.24, 2.45) is 0 Å². The van der Waals surface area contributed by atoms with Gasteiger partial charge in [0, 0.05) is 20.0 Å². The van der Waals surface area contributed by atoms with E-state index in [1.54, 1.807) is 0 Å². The summed E-state index contributed by atoms with van der Waals surface area (Å²) < 4.78 is 5.61. The third-order valence-electron chi connectivity index (χ3n) is 1.88. The van der Waals surface area contributed by atoms with Gasteiger partial charge in [0.2, 0.25) is 0 Å². The van der Waals surface area contributed by atoms with Gasteiger partial charge < -0.3 is 9.64 Å². The number of ether oxygens (including phenoxy) is 1. The minimum atomic E-state index is 0.643. The molecule has 3 heteroatoms. The fourth-order valence-electron chi connectivity index (χ4n) is 1.19. The molecule has 0 unspecified atom stereocenters. The summed E-state index contributed by atoms with van der Waals surface area (Å²) in [5.74, 6) is 1.56. The molecule has 0 atom stereocenters. The molecule has 0 fully saturated rings. The van der Waals surface area contributed by atoms with Crippen LogP contribution in [0, 0.1) is 0 Å². The molecule has 0 aliphatic rings. The molecule has 2 nitrogen and oxygen atoms in total. The fourth-order valence-corrected chi connectivity index (χ4v) is 1.29. The lowest BCUT2D eigenvalue weighted by molar-refractivity contribution is 0.319. The van der Waals surface area contributed by atoms with Crippen LogP contribution < -0.4 is 9.64 Å². The van der Waals surface area contributed by atoms with E-state index >= 15 is 0 Å². The van der Waals surface area contributed by atoms with Crippen molar-refractivity contribution in [3.63, 3.8) is 0 Å². The zero-order valence-corrected chi connectivity index (χ0v) is 9.42. The van der Waals surface area contributed by atoms with E-state index in [0.29, 0.717) is 12.5 Å². The first-order valence-corrected chi connectivity index (χ1v) is 5.24. The molecule has 0 amide bonds. The van der Waals surface area contributed by atoms with Crippen molar-refractivity contribution in [2.45, 2.75) is 6.42 Å². The molecule has 0 aliphatic carbocycles. The van der Waals surface area contributed by atoms with Gasteiger partial charge in [0.1, 0.15) is 5.75 Å². The molecule has 1 aromatic carbocycles. The first kappa shape index (κ1) is 11.2. The summed E-state index contributed by atoms with van der Waals surface area (Å²) in [6.07, 6.45) is 0.878. The minimum absolute atomic E-state index is 0.643. The number of para-hydroxylation sites is 2. The number of alkyl halides is 1. The molecule has 0 radical (unpaired) electrons. The van der Waals surface area contributed by atoms with E-state index in [2.05, 4.69) is 0 Å². The van der Waals surface area contributed by atoms with Crippen molar-refractivity contribution in [2.75, 3.05) is 31.5 Å². The highest BCUT2D eigenvalue weighted by Gasteiger charge is 2.03. The summed E-state index contributed by atoms with van der Waals surface area (Å²) in [5.41, 5.74) is 1.10. The van der Waals surface area contributed by atoms with E-state index < -0.39 is 0 Å². The lowest BCUT2D eigenvalue weighted by Crippen LogP contribution is -2.11. The highest BCUT2D eigenvalue weighted by atomic mass is 35.5. The molecular formula is C11H16ClNO. The van der Waals surface area contributed by atoms with Gasteiger partial charge in [-0.25, -0.2) is 0 Å². The number of nitrogens with zero attached hydrogens (tertiary/aromatic N) is 1. The van der Waals surface area contributed by atoms with E-state index in [-0.39, 0.29) is 0 Å². The Labute approximate surface area is 90.4 Å². The van der Waals surface area contributed by atoms with Gasteiger partial charge in [-0.3, -0.25) is 0 Å². The molecule has 0 aliphatic heterocycles. The molecule has 0 saturated carbocycles. The maximum absolute atomic E-state index is 5.61. The van der Waals surface area contributed by atoms with Crippen molar-refractivity contribution in [3.8, 4) is 5.75 Å². The predicted octanol–water partition coefficient (Wildman–Crippen LogP) is 2.76. The molecule has 0 bridgehead atoms. The Morgan fingerprint density at radius 3 is 2.64 bits per heavy atom. The standard InChI is InChI=1S/C11H16ClNO/c1-13(2)10-6-3-4-7-11(10)14-9-5-8-12/h3-4,6-7H,5,8-9H2,1-2H3. The predicted molar refractivity (Wildman–Crippen MR) is 61.6 cm³/mol. The van der Waals surface area contributed by atoms with E-state index in [4.69, 9.17) is 16.3 Å². The second-order valence-corrected chi connectivity index (χ2v) is 3.63. The molecule has 14 heavy (non-hydrogen) atoms. The first-order chi connectivity index (χ1) is 6.75. The summed E-state index contributed by atoms with van der Waals surface area (Å²) in [6.45, 7) is 0.675. The summed E-state index contributed by atoms with van der Waals surface area (Å²) in [5, 5.41) is 0. The summed E-state index contributed by atoms with van der Waals surface area (Å²) in [7, 11) is 4.01.